The van der Waals surface area contributed by atoms with E-state index in [0.717, 1.165) is 11.1 Å². The number of benzene rings is 2. The first-order valence-electron chi connectivity index (χ1n) is 12.3. The van der Waals surface area contributed by atoms with Crippen LogP contribution in [0, 0.1) is 0 Å². The van der Waals surface area contributed by atoms with E-state index in [4.69, 9.17) is 9.47 Å². The van der Waals surface area contributed by atoms with E-state index in [2.05, 4.69) is 21.3 Å². The maximum absolute atomic E-state index is 12.0. The first-order valence-corrected chi connectivity index (χ1v) is 12.3. The largest absolute Gasteiger partial charge is 0.463 e. The van der Waals surface area contributed by atoms with Gasteiger partial charge in [-0.05, 0) is 38.8 Å². The lowest BCUT2D eigenvalue weighted by Crippen LogP contribution is -2.45. The van der Waals surface area contributed by atoms with Gasteiger partial charge < -0.3 is 30.7 Å². The van der Waals surface area contributed by atoms with Gasteiger partial charge in [-0.1, -0.05) is 60.7 Å². The highest BCUT2D eigenvalue weighted by Crippen LogP contribution is 2.28. The van der Waals surface area contributed by atoms with Crippen LogP contribution in [0.4, 0.5) is 9.59 Å². The minimum Gasteiger partial charge on any atom is -0.463 e. The number of hydrogen-bond acceptors (Lipinski definition) is 6. The third-order valence-electron chi connectivity index (χ3n) is 5.79. The zero-order valence-electron chi connectivity index (χ0n) is 21.8. The molecule has 0 saturated carbocycles. The Morgan fingerprint density at radius 1 is 0.658 bits per heavy atom. The molecule has 0 radical (unpaired) electrons. The molecule has 2 aliphatic heterocycles. The highest BCUT2D eigenvalue weighted by Gasteiger charge is 2.33. The maximum atomic E-state index is 12.0. The van der Waals surface area contributed by atoms with Gasteiger partial charge in [0.25, 0.3) is 0 Å². The second-order valence-corrected chi connectivity index (χ2v) is 8.40. The van der Waals surface area contributed by atoms with Gasteiger partial charge in [-0.15, -0.1) is 0 Å². The van der Waals surface area contributed by atoms with Crippen molar-refractivity contribution in [1.29, 1.82) is 0 Å². The van der Waals surface area contributed by atoms with Gasteiger partial charge in [0, 0.05) is 11.4 Å². The van der Waals surface area contributed by atoms with E-state index >= 15 is 0 Å². The molecule has 0 aromatic heterocycles. The van der Waals surface area contributed by atoms with Crippen molar-refractivity contribution < 1.29 is 28.7 Å². The number of allylic oxidation sites excluding steroid dienone is 2. The van der Waals surface area contributed by atoms with Gasteiger partial charge in [0.15, 0.2) is 0 Å². The van der Waals surface area contributed by atoms with E-state index in [1.165, 1.54) is 0 Å². The molecule has 0 aliphatic carbocycles. The van der Waals surface area contributed by atoms with Crippen LogP contribution in [0.5, 0.6) is 0 Å². The van der Waals surface area contributed by atoms with Crippen LogP contribution in [-0.4, -0.2) is 37.2 Å². The lowest BCUT2D eigenvalue weighted by Gasteiger charge is -2.28. The van der Waals surface area contributed by atoms with Crippen molar-refractivity contribution >= 4 is 24.0 Å². The molecule has 38 heavy (non-hydrogen) atoms. The Labute approximate surface area is 221 Å². The van der Waals surface area contributed by atoms with E-state index in [0.29, 0.717) is 35.8 Å². The molecule has 0 bridgehead atoms. The third kappa shape index (κ3) is 6.78. The highest BCUT2D eigenvalue weighted by molar-refractivity contribution is 5.95. The molecule has 10 heteroatoms. The molecule has 2 aromatic rings. The molecule has 10 nitrogen and oxygen atoms in total. The molecule has 200 valence electrons. The van der Waals surface area contributed by atoms with E-state index in [1.54, 1.807) is 27.7 Å². The SMILES string of the molecule is CCOC(=O)C1=C(C)NC(=O)N[C@H]1c1ccccc1.CCOC(=O)C1=C(C)NC(=O)N[C@H]1c1ccccc1. The normalized spacial score (nSPS) is 18.6. The molecule has 2 aromatic carbocycles. The summed E-state index contributed by atoms with van der Waals surface area (Å²) in [4.78, 5) is 47.2. The summed E-state index contributed by atoms with van der Waals surface area (Å²) in [6.07, 6.45) is 0. The molecular weight excluding hydrogens is 488 g/mol. The van der Waals surface area contributed by atoms with Crippen LogP contribution in [0.15, 0.2) is 83.2 Å². The predicted octanol–water partition coefficient (Wildman–Crippen LogP) is 3.76. The zero-order valence-corrected chi connectivity index (χ0v) is 21.8. The lowest BCUT2D eigenvalue weighted by molar-refractivity contribution is -0.140. The van der Waals surface area contributed by atoms with Gasteiger partial charge in [-0.2, -0.15) is 0 Å². The smallest absolute Gasteiger partial charge is 0.338 e. The summed E-state index contributed by atoms with van der Waals surface area (Å²) in [7, 11) is 0. The molecule has 0 spiro atoms. The molecule has 0 unspecified atom stereocenters. The Hall–Kier alpha value is -4.60. The summed E-state index contributed by atoms with van der Waals surface area (Å²) in [6, 6.07) is 17.1. The van der Waals surface area contributed by atoms with Crippen LogP contribution < -0.4 is 21.3 Å². The number of nitrogens with one attached hydrogen (secondary N) is 4. The molecule has 4 rings (SSSR count). The lowest BCUT2D eigenvalue weighted by atomic mass is 9.96. The summed E-state index contributed by atoms with van der Waals surface area (Å²) in [5.41, 5.74) is 3.62. The minimum absolute atomic E-state index is 0.297. The van der Waals surface area contributed by atoms with Crippen LogP contribution in [0.2, 0.25) is 0 Å². The Morgan fingerprint density at radius 3 is 1.32 bits per heavy atom. The molecule has 2 aliphatic rings. The average molecular weight is 521 g/mol. The standard InChI is InChI=1S/2C14H16N2O3/c2*1-3-19-13(17)11-9(2)15-14(18)16-12(11)10-7-5-4-6-8-10/h2*4-8,12H,3H2,1-2H3,(H2,15,16,18)/t2*12-/m00/s1. The fourth-order valence-corrected chi connectivity index (χ4v) is 4.14. The maximum Gasteiger partial charge on any atom is 0.338 e. The molecule has 0 saturated heterocycles. The van der Waals surface area contributed by atoms with Gasteiger partial charge in [0.1, 0.15) is 0 Å². The topological polar surface area (TPSA) is 135 Å². The molecule has 0 fully saturated rings. The van der Waals surface area contributed by atoms with E-state index in [1.807, 2.05) is 60.7 Å². The number of amides is 4. The Morgan fingerprint density at radius 2 is 1.00 bits per heavy atom. The van der Waals surface area contributed by atoms with Gasteiger partial charge in [-0.3, -0.25) is 0 Å². The Balaban J connectivity index is 0.000000211. The monoisotopic (exact) mass is 520 g/mol. The summed E-state index contributed by atoms with van der Waals surface area (Å²) >= 11 is 0. The number of ether oxygens (including phenoxy) is 2. The molecule has 2 heterocycles. The number of carbonyl (C=O) groups excluding carboxylic acids is 4. The summed E-state index contributed by atoms with van der Waals surface area (Å²) in [6.45, 7) is 7.48. The molecule has 4 N–H and O–H groups in total. The van der Waals surface area contributed by atoms with Crippen LogP contribution in [0.3, 0.4) is 0 Å². The van der Waals surface area contributed by atoms with Crippen LogP contribution in [-0.2, 0) is 19.1 Å². The van der Waals surface area contributed by atoms with Gasteiger partial charge in [0.2, 0.25) is 0 Å². The molecule has 2 atom stereocenters. The van der Waals surface area contributed by atoms with E-state index in [-0.39, 0.29) is 12.1 Å². The van der Waals surface area contributed by atoms with Gasteiger partial charge in [0.05, 0.1) is 36.4 Å². The summed E-state index contributed by atoms with van der Waals surface area (Å²) in [5, 5.41) is 10.7. The van der Waals surface area contributed by atoms with Crippen molar-refractivity contribution in [3.8, 4) is 0 Å². The van der Waals surface area contributed by atoms with Crippen LogP contribution >= 0.6 is 0 Å². The second-order valence-electron chi connectivity index (χ2n) is 8.40. The molecular formula is C28H32N4O6. The number of urea groups is 2. The van der Waals surface area contributed by atoms with Gasteiger partial charge >= 0.3 is 24.0 Å². The van der Waals surface area contributed by atoms with Crippen molar-refractivity contribution in [1.82, 2.24) is 21.3 Å². The van der Waals surface area contributed by atoms with Crippen LogP contribution in [0.25, 0.3) is 0 Å². The quantitative estimate of drug-likeness (QED) is 0.429. The average Bonchev–Trinajstić information content (AvgIpc) is 2.89. The fraction of sp³-hybridized carbons (Fsp3) is 0.286. The minimum atomic E-state index is -0.478. The van der Waals surface area contributed by atoms with Crippen molar-refractivity contribution in [2.75, 3.05) is 13.2 Å². The van der Waals surface area contributed by atoms with Gasteiger partial charge in [-0.25, -0.2) is 19.2 Å². The Kier molecular flexibility index (Phi) is 9.64. The summed E-state index contributed by atoms with van der Waals surface area (Å²) in [5.74, 6) is -0.831. The predicted molar refractivity (Wildman–Crippen MR) is 140 cm³/mol. The number of hydrogen-bond donors (Lipinski definition) is 4. The molecule has 4 amide bonds. The summed E-state index contributed by atoms with van der Waals surface area (Å²) < 4.78 is 10.1. The first-order chi connectivity index (χ1) is 18.3. The fourth-order valence-electron chi connectivity index (χ4n) is 4.14. The zero-order chi connectivity index (χ0) is 27.7. The number of rotatable bonds is 6. The first kappa shape index (κ1) is 28.0. The highest BCUT2D eigenvalue weighted by atomic mass is 16.5. The Bertz CT molecular complexity index is 1140. The van der Waals surface area contributed by atoms with Crippen LogP contribution in [0.1, 0.15) is 50.9 Å². The van der Waals surface area contributed by atoms with E-state index < -0.39 is 24.0 Å². The second kappa shape index (κ2) is 13.1. The van der Waals surface area contributed by atoms with E-state index in [9.17, 15) is 19.2 Å². The third-order valence-corrected chi connectivity index (χ3v) is 5.79. The van der Waals surface area contributed by atoms with Crippen molar-refractivity contribution in [2.45, 2.75) is 39.8 Å². The number of carbonyl (C=O) groups is 4. The number of esters is 2. The van der Waals surface area contributed by atoms with Crippen molar-refractivity contribution in [3.63, 3.8) is 0 Å². The van der Waals surface area contributed by atoms with Crippen molar-refractivity contribution in [3.05, 3.63) is 94.3 Å². The van der Waals surface area contributed by atoms with Crippen molar-refractivity contribution in [2.24, 2.45) is 0 Å².